The Kier molecular flexibility index (Phi) is 3.19. The number of anilines is 1. The third kappa shape index (κ3) is 1.70. The second-order valence-electron chi connectivity index (χ2n) is 5.98. The van der Waals surface area contributed by atoms with E-state index in [-0.39, 0.29) is 28.7 Å². The van der Waals surface area contributed by atoms with Crippen molar-refractivity contribution in [1.29, 1.82) is 5.26 Å². The Balaban J connectivity index is 2.21. The molecule has 1 aromatic carbocycles. The lowest BCUT2D eigenvalue weighted by molar-refractivity contribution is -0.121. The minimum Gasteiger partial charge on any atom is -0.457 e. The van der Waals surface area contributed by atoms with Crippen LogP contribution in [0.15, 0.2) is 51.0 Å². The molecule has 0 aliphatic carbocycles. The highest BCUT2D eigenvalue weighted by Gasteiger charge is 2.61. The molecule has 3 N–H and O–H groups in total. The normalized spacial score (nSPS) is 20.7. The fourth-order valence-electron chi connectivity index (χ4n) is 3.57. The fourth-order valence-corrected chi connectivity index (χ4v) is 3.57. The van der Waals surface area contributed by atoms with Crippen LogP contribution in [0.25, 0.3) is 0 Å². The molecule has 26 heavy (non-hydrogen) atoms. The molecular formula is C18H13N3O5. The lowest BCUT2D eigenvalue weighted by Gasteiger charge is -2.32. The van der Waals surface area contributed by atoms with Gasteiger partial charge in [-0.3, -0.25) is 9.59 Å². The molecule has 1 atom stereocenters. The number of hydrogen-bond acceptors (Lipinski definition) is 7. The highest BCUT2D eigenvalue weighted by atomic mass is 16.5. The van der Waals surface area contributed by atoms with Crippen LogP contribution in [0.3, 0.4) is 0 Å². The van der Waals surface area contributed by atoms with Gasteiger partial charge in [-0.25, -0.2) is 0 Å². The summed E-state index contributed by atoms with van der Waals surface area (Å²) in [7, 11) is 1.56. The van der Waals surface area contributed by atoms with Crippen molar-refractivity contribution in [3.63, 3.8) is 0 Å². The maximum Gasteiger partial charge on any atom is 0.250 e. The standard InChI is InChI=1S/C18H13N3O5/c1-21-12-5-3-2-4-10(12)18(17(21)24)11(7-19)16(20)26-14-13(23)6-9(8-22)25-15(14)18/h2-6,22H,8,20H2,1H3/t18-/m1/s1. The molecule has 1 spiro atoms. The van der Waals surface area contributed by atoms with Crippen molar-refractivity contribution in [3.05, 3.63) is 69.1 Å². The van der Waals surface area contributed by atoms with E-state index in [0.717, 1.165) is 6.07 Å². The molecule has 1 amide bonds. The number of benzene rings is 1. The summed E-state index contributed by atoms with van der Waals surface area (Å²) in [5.41, 5.74) is 4.41. The molecule has 2 aliphatic rings. The smallest absolute Gasteiger partial charge is 0.250 e. The van der Waals surface area contributed by atoms with Gasteiger partial charge in [-0.2, -0.15) is 5.26 Å². The topological polar surface area (TPSA) is 130 Å². The van der Waals surface area contributed by atoms with Gasteiger partial charge >= 0.3 is 0 Å². The summed E-state index contributed by atoms with van der Waals surface area (Å²) in [6, 6.07) is 9.84. The third-order valence-corrected chi connectivity index (χ3v) is 4.69. The zero-order chi connectivity index (χ0) is 18.6. The fraction of sp³-hybridized carbons (Fsp3) is 0.167. The maximum atomic E-state index is 13.3. The Labute approximate surface area is 147 Å². The van der Waals surface area contributed by atoms with Crippen LogP contribution in [0.2, 0.25) is 0 Å². The van der Waals surface area contributed by atoms with E-state index >= 15 is 0 Å². The number of amides is 1. The molecule has 2 aliphatic heterocycles. The largest absolute Gasteiger partial charge is 0.457 e. The van der Waals surface area contributed by atoms with Gasteiger partial charge in [-0.1, -0.05) is 18.2 Å². The van der Waals surface area contributed by atoms with E-state index in [2.05, 4.69) is 0 Å². The molecule has 0 bridgehead atoms. The van der Waals surface area contributed by atoms with Gasteiger partial charge in [0.15, 0.2) is 11.2 Å². The van der Waals surface area contributed by atoms with Crippen molar-refractivity contribution in [2.45, 2.75) is 12.0 Å². The number of aliphatic hydroxyl groups is 1. The number of nitrogens with two attached hydrogens (primary N) is 1. The SMILES string of the molecule is CN1C(=O)[C@@]2(C(C#N)=C(N)Oc3c2oc(CO)cc3=O)c2ccccc21. The molecule has 0 saturated heterocycles. The van der Waals surface area contributed by atoms with Gasteiger partial charge in [0.1, 0.15) is 24.0 Å². The predicted molar refractivity (Wildman–Crippen MR) is 89.0 cm³/mol. The molecule has 8 heteroatoms. The van der Waals surface area contributed by atoms with E-state index < -0.39 is 23.4 Å². The van der Waals surface area contributed by atoms with Crippen LogP contribution in [0, 0.1) is 11.3 Å². The van der Waals surface area contributed by atoms with Gasteiger partial charge in [0.2, 0.25) is 17.1 Å². The van der Waals surface area contributed by atoms with Gasteiger partial charge in [0, 0.05) is 24.4 Å². The van der Waals surface area contributed by atoms with E-state index in [9.17, 15) is 20.0 Å². The number of fused-ring (bicyclic) bond motifs is 4. The van der Waals surface area contributed by atoms with Gasteiger partial charge in [0.05, 0.1) is 0 Å². The summed E-state index contributed by atoms with van der Waals surface area (Å²) < 4.78 is 11.0. The van der Waals surface area contributed by atoms with Crippen molar-refractivity contribution >= 4 is 11.6 Å². The van der Waals surface area contributed by atoms with E-state index in [1.807, 2.05) is 6.07 Å². The van der Waals surface area contributed by atoms with Crippen molar-refractivity contribution in [1.82, 2.24) is 0 Å². The predicted octanol–water partition coefficient (Wildman–Crippen LogP) is 0.481. The minimum atomic E-state index is -1.73. The molecule has 0 fully saturated rings. The van der Waals surface area contributed by atoms with Crippen LogP contribution in [0.5, 0.6) is 5.75 Å². The lowest BCUT2D eigenvalue weighted by atomic mass is 9.72. The molecule has 4 rings (SSSR count). The molecular weight excluding hydrogens is 338 g/mol. The number of aliphatic hydroxyl groups excluding tert-OH is 1. The molecule has 8 nitrogen and oxygen atoms in total. The van der Waals surface area contributed by atoms with Crippen LogP contribution < -0.4 is 20.8 Å². The van der Waals surface area contributed by atoms with Crippen LogP contribution in [-0.2, 0) is 16.8 Å². The van der Waals surface area contributed by atoms with Crippen LogP contribution in [-0.4, -0.2) is 18.1 Å². The van der Waals surface area contributed by atoms with Crippen molar-refractivity contribution < 1.29 is 19.1 Å². The van der Waals surface area contributed by atoms with Crippen molar-refractivity contribution in [2.24, 2.45) is 5.73 Å². The zero-order valence-electron chi connectivity index (χ0n) is 13.6. The van der Waals surface area contributed by atoms with Gasteiger partial charge in [0.25, 0.3) is 5.91 Å². The molecule has 3 heterocycles. The lowest BCUT2D eigenvalue weighted by Crippen LogP contribution is -2.46. The molecule has 0 saturated carbocycles. The quantitative estimate of drug-likeness (QED) is 0.764. The first-order chi connectivity index (χ1) is 12.5. The summed E-state index contributed by atoms with van der Waals surface area (Å²) >= 11 is 0. The molecule has 130 valence electrons. The number of ether oxygens (including phenoxy) is 1. The highest BCUT2D eigenvalue weighted by molar-refractivity contribution is 6.13. The van der Waals surface area contributed by atoms with E-state index in [1.165, 1.54) is 4.90 Å². The number of likely N-dealkylation sites (N-methyl/N-ethyl adjacent to an activating group) is 1. The van der Waals surface area contributed by atoms with Gasteiger partial charge in [-0.05, 0) is 6.07 Å². The number of carbonyl (C=O) groups is 1. The monoisotopic (exact) mass is 351 g/mol. The number of hydrogen-bond donors (Lipinski definition) is 2. The van der Waals surface area contributed by atoms with Crippen LogP contribution in [0.1, 0.15) is 17.1 Å². The Morgan fingerprint density at radius 1 is 1.35 bits per heavy atom. The second kappa shape index (κ2) is 5.21. The first kappa shape index (κ1) is 15.9. The molecule has 0 radical (unpaired) electrons. The number of nitriles is 1. The average molecular weight is 351 g/mol. The van der Waals surface area contributed by atoms with E-state index in [4.69, 9.17) is 14.9 Å². The van der Waals surface area contributed by atoms with Crippen LogP contribution in [0.4, 0.5) is 5.69 Å². The Morgan fingerprint density at radius 3 is 2.77 bits per heavy atom. The zero-order valence-corrected chi connectivity index (χ0v) is 13.6. The van der Waals surface area contributed by atoms with Crippen molar-refractivity contribution in [2.75, 3.05) is 11.9 Å². The summed E-state index contributed by atoms with van der Waals surface area (Å²) in [5.74, 6) is -1.29. The van der Waals surface area contributed by atoms with Crippen LogP contribution >= 0.6 is 0 Å². The summed E-state index contributed by atoms with van der Waals surface area (Å²) in [5, 5.41) is 19.1. The molecule has 1 aromatic heterocycles. The van der Waals surface area contributed by atoms with Gasteiger partial charge in [-0.15, -0.1) is 0 Å². The van der Waals surface area contributed by atoms with Gasteiger partial charge < -0.3 is 24.9 Å². The summed E-state index contributed by atoms with van der Waals surface area (Å²) in [6.45, 7) is -0.550. The number of nitrogens with zero attached hydrogens (tertiary/aromatic N) is 2. The van der Waals surface area contributed by atoms with E-state index in [0.29, 0.717) is 11.3 Å². The Morgan fingerprint density at radius 2 is 2.08 bits per heavy atom. The number of para-hydroxylation sites is 1. The Bertz CT molecular complexity index is 1090. The number of rotatable bonds is 1. The maximum absolute atomic E-state index is 13.3. The Hall–Kier alpha value is -3.57. The van der Waals surface area contributed by atoms with Crippen molar-refractivity contribution in [3.8, 4) is 11.8 Å². The molecule has 2 aromatic rings. The average Bonchev–Trinajstić information content (AvgIpc) is 2.86. The highest BCUT2D eigenvalue weighted by Crippen LogP contribution is 2.54. The summed E-state index contributed by atoms with van der Waals surface area (Å²) in [4.78, 5) is 27.2. The first-order valence-electron chi connectivity index (χ1n) is 7.71. The second-order valence-corrected chi connectivity index (χ2v) is 5.98. The minimum absolute atomic E-state index is 0.0469. The van der Waals surface area contributed by atoms with E-state index in [1.54, 1.807) is 31.3 Å². The third-order valence-electron chi connectivity index (χ3n) is 4.69. The molecule has 0 unspecified atom stereocenters. The first-order valence-corrected chi connectivity index (χ1v) is 7.71. The number of carbonyl (C=O) groups excluding carboxylic acids is 1. The summed E-state index contributed by atoms with van der Waals surface area (Å²) in [6.07, 6.45) is 0.